The van der Waals surface area contributed by atoms with Crippen molar-refractivity contribution in [3.8, 4) is 5.75 Å². The van der Waals surface area contributed by atoms with Crippen LogP contribution in [0.2, 0.25) is 5.02 Å². The third-order valence-corrected chi connectivity index (χ3v) is 6.30. The van der Waals surface area contributed by atoms with Gasteiger partial charge in [0.1, 0.15) is 5.75 Å². The third kappa shape index (κ3) is 9.04. The van der Waals surface area contributed by atoms with Crippen LogP contribution in [0.5, 0.6) is 5.75 Å². The molecule has 1 aromatic carbocycles. The topological polar surface area (TPSA) is 88.1 Å². The molecule has 1 unspecified atom stereocenters. The minimum atomic E-state index is -4.94. The molecule has 0 amide bonds. The Morgan fingerprint density at radius 3 is 2.41 bits per heavy atom. The first-order valence-electron chi connectivity index (χ1n) is 12.8. The molecule has 0 spiro atoms. The highest BCUT2D eigenvalue weighted by Crippen LogP contribution is 2.48. The number of aliphatic hydroxyl groups is 2. The second-order valence-electron chi connectivity index (χ2n) is 9.57. The van der Waals surface area contributed by atoms with E-state index in [0.717, 1.165) is 5.56 Å². The van der Waals surface area contributed by atoms with Crippen molar-refractivity contribution in [1.29, 1.82) is 0 Å². The molecular weight excluding hydrogens is 505 g/mol. The summed E-state index contributed by atoms with van der Waals surface area (Å²) in [4.78, 5) is 4.44. The van der Waals surface area contributed by atoms with E-state index < -0.39 is 30.0 Å². The number of alkyl halides is 3. The number of hydrogen-bond donors (Lipinski definition) is 3. The maximum Gasteiger partial charge on any atom is 0.417 e. The second-order valence-corrected chi connectivity index (χ2v) is 10.0. The molecule has 0 aromatic heterocycles. The van der Waals surface area contributed by atoms with Crippen molar-refractivity contribution in [3.05, 3.63) is 51.8 Å². The highest BCUT2D eigenvalue weighted by atomic mass is 35.5. The van der Waals surface area contributed by atoms with Crippen LogP contribution in [0.4, 0.5) is 13.2 Å². The molecule has 0 radical (unpaired) electrons. The molecule has 1 aliphatic rings. The lowest BCUT2D eigenvalue weighted by molar-refractivity contribution is -0.266. The number of fused-ring (bicyclic) bond motifs is 1. The number of aliphatic hydroxyl groups excluding tert-OH is 1. The van der Waals surface area contributed by atoms with Crippen LogP contribution in [0.15, 0.2) is 40.7 Å². The zero-order chi connectivity index (χ0) is 28.4. The van der Waals surface area contributed by atoms with Crippen LogP contribution < -0.4 is 10.5 Å². The van der Waals surface area contributed by atoms with Gasteiger partial charge >= 0.3 is 6.18 Å². The Morgan fingerprint density at radius 2 is 1.86 bits per heavy atom. The standard InChI is InChI=1S/C26H36ClF3N2O3.C2H6/c1-5-7-21(32-20(6-2)8-10-33)14-19(31)15-25(34,26(28,29)30)16-24(3,4)22-13-18(27)12-17-9-11-35-23(17)22;1-2/h7,12-14,33-34H,5-6,8-11,15-16,31H2,1-4H3;1-2H3/b19-14-,21-7-,32-20?;. The highest BCUT2D eigenvalue weighted by molar-refractivity contribution is 6.30. The molecule has 1 atom stereocenters. The van der Waals surface area contributed by atoms with Gasteiger partial charge in [-0.2, -0.15) is 13.2 Å². The van der Waals surface area contributed by atoms with E-state index in [2.05, 4.69) is 4.99 Å². The van der Waals surface area contributed by atoms with Crippen molar-refractivity contribution >= 4 is 17.3 Å². The molecule has 0 fully saturated rings. The monoisotopic (exact) mass is 546 g/mol. The number of halogens is 4. The number of nitrogens with two attached hydrogens (primary N) is 1. The number of nitrogens with zero attached hydrogens (tertiary/aromatic N) is 1. The van der Waals surface area contributed by atoms with Crippen molar-refractivity contribution in [2.45, 2.75) is 97.3 Å². The van der Waals surface area contributed by atoms with Gasteiger partial charge < -0.3 is 20.7 Å². The van der Waals surface area contributed by atoms with Crippen LogP contribution in [0.1, 0.15) is 84.8 Å². The minimum absolute atomic E-state index is 0.0783. The minimum Gasteiger partial charge on any atom is -0.493 e. The highest BCUT2D eigenvalue weighted by Gasteiger charge is 2.56. The fourth-order valence-electron chi connectivity index (χ4n) is 4.41. The maximum absolute atomic E-state index is 14.3. The van der Waals surface area contributed by atoms with E-state index in [-0.39, 0.29) is 12.3 Å². The van der Waals surface area contributed by atoms with Crippen LogP contribution >= 0.6 is 11.6 Å². The Morgan fingerprint density at radius 1 is 1.22 bits per heavy atom. The quantitative estimate of drug-likeness (QED) is 0.205. The largest absolute Gasteiger partial charge is 0.493 e. The predicted octanol–water partition coefficient (Wildman–Crippen LogP) is 7.02. The normalized spacial score (nSPS) is 16.5. The Kier molecular flexibility index (Phi) is 12.7. The fraction of sp³-hybridized carbons (Fsp3) is 0.607. The van der Waals surface area contributed by atoms with Gasteiger partial charge in [-0.05, 0) is 48.4 Å². The zero-order valence-electron chi connectivity index (χ0n) is 22.8. The van der Waals surface area contributed by atoms with Gasteiger partial charge in [0.15, 0.2) is 5.60 Å². The lowest BCUT2D eigenvalue weighted by Crippen LogP contribution is -2.50. The summed E-state index contributed by atoms with van der Waals surface area (Å²) in [5.41, 5.74) is 4.16. The van der Waals surface area contributed by atoms with E-state index in [0.29, 0.717) is 60.0 Å². The Hall–Kier alpha value is -2.03. The van der Waals surface area contributed by atoms with Crippen LogP contribution in [-0.4, -0.2) is 40.9 Å². The molecule has 1 heterocycles. The number of hydrogen-bond acceptors (Lipinski definition) is 5. The molecule has 0 aliphatic carbocycles. The molecule has 37 heavy (non-hydrogen) atoms. The van der Waals surface area contributed by atoms with E-state index in [1.165, 1.54) is 6.08 Å². The van der Waals surface area contributed by atoms with Crippen molar-refractivity contribution in [1.82, 2.24) is 0 Å². The van der Waals surface area contributed by atoms with Gasteiger partial charge in [0, 0.05) is 47.9 Å². The molecule has 1 aromatic rings. The molecular formula is C28H42ClF3N2O3. The number of ether oxygens (including phenoxy) is 1. The first-order valence-corrected chi connectivity index (χ1v) is 13.2. The average molecular weight is 547 g/mol. The van der Waals surface area contributed by atoms with Crippen molar-refractivity contribution in [3.63, 3.8) is 0 Å². The molecule has 4 N–H and O–H groups in total. The molecule has 210 valence electrons. The van der Waals surface area contributed by atoms with E-state index in [9.17, 15) is 23.4 Å². The SMILES string of the molecule is CC.CC/C=C(/C=C(\N)CC(O)(CC(C)(C)c1cc(Cl)cc2c1OCC2)C(F)(F)F)N=C(CC)CCO. The molecule has 2 rings (SSSR count). The number of rotatable bonds is 11. The summed E-state index contributed by atoms with van der Waals surface area (Å²) in [5.74, 6) is 0.533. The van der Waals surface area contributed by atoms with E-state index in [1.54, 1.807) is 32.1 Å². The Bertz CT molecular complexity index is 988. The maximum atomic E-state index is 14.3. The summed E-state index contributed by atoms with van der Waals surface area (Å²) < 4.78 is 48.5. The summed E-state index contributed by atoms with van der Waals surface area (Å²) >= 11 is 6.24. The van der Waals surface area contributed by atoms with Crippen LogP contribution in [-0.2, 0) is 11.8 Å². The predicted molar refractivity (Wildman–Crippen MR) is 145 cm³/mol. The fourth-order valence-corrected chi connectivity index (χ4v) is 4.65. The van der Waals surface area contributed by atoms with Crippen LogP contribution in [0.3, 0.4) is 0 Å². The van der Waals surface area contributed by atoms with Gasteiger partial charge in [-0.1, -0.05) is 59.2 Å². The Balaban J connectivity index is 0.00000334. The number of aliphatic imine (C=N–C) groups is 1. The lowest BCUT2D eigenvalue weighted by atomic mass is 9.72. The number of allylic oxidation sites excluding steroid dienone is 2. The summed E-state index contributed by atoms with van der Waals surface area (Å²) in [7, 11) is 0. The van der Waals surface area contributed by atoms with Crippen molar-refractivity contribution in [2.75, 3.05) is 13.2 Å². The molecule has 0 saturated heterocycles. The second kappa shape index (κ2) is 14.2. The molecule has 0 saturated carbocycles. The molecule has 0 bridgehead atoms. The first kappa shape index (κ1) is 33.0. The van der Waals surface area contributed by atoms with Crippen LogP contribution in [0, 0.1) is 0 Å². The molecule has 5 nitrogen and oxygen atoms in total. The van der Waals surface area contributed by atoms with Gasteiger partial charge in [-0.3, -0.25) is 4.99 Å². The van der Waals surface area contributed by atoms with Gasteiger partial charge in [0.2, 0.25) is 0 Å². The average Bonchev–Trinajstić information content (AvgIpc) is 3.26. The van der Waals surface area contributed by atoms with E-state index >= 15 is 0 Å². The van der Waals surface area contributed by atoms with E-state index in [4.69, 9.17) is 22.1 Å². The van der Waals surface area contributed by atoms with Gasteiger partial charge in [-0.15, -0.1) is 0 Å². The smallest absolute Gasteiger partial charge is 0.417 e. The molecule has 1 aliphatic heterocycles. The Labute approximate surface area is 224 Å². The van der Waals surface area contributed by atoms with Crippen molar-refractivity contribution in [2.24, 2.45) is 10.7 Å². The summed E-state index contributed by atoms with van der Waals surface area (Å²) in [6, 6.07) is 3.36. The third-order valence-electron chi connectivity index (χ3n) is 6.08. The zero-order valence-corrected chi connectivity index (χ0v) is 23.6. The van der Waals surface area contributed by atoms with Gasteiger partial charge in [0.05, 0.1) is 12.3 Å². The lowest BCUT2D eigenvalue weighted by Gasteiger charge is -2.38. The van der Waals surface area contributed by atoms with Gasteiger partial charge in [-0.25, -0.2) is 0 Å². The first-order chi connectivity index (χ1) is 17.3. The van der Waals surface area contributed by atoms with Gasteiger partial charge in [0.25, 0.3) is 0 Å². The molecule has 9 heteroatoms. The van der Waals surface area contributed by atoms with E-state index in [1.807, 2.05) is 27.7 Å². The van der Waals surface area contributed by atoms with Crippen molar-refractivity contribution < 1.29 is 28.1 Å². The summed E-state index contributed by atoms with van der Waals surface area (Å²) in [6.07, 6.45) is -1.13. The number of benzene rings is 1. The van der Waals surface area contributed by atoms with Crippen LogP contribution in [0.25, 0.3) is 0 Å². The summed E-state index contributed by atoms with van der Waals surface area (Å²) in [6.45, 7) is 11.4. The summed E-state index contributed by atoms with van der Waals surface area (Å²) in [5, 5.41) is 20.6.